The number of nitriles is 2. The van der Waals surface area contributed by atoms with Crippen LogP contribution in [0.5, 0.6) is 0 Å². The fourth-order valence-electron chi connectivity index (χ4n) is 5.56. The molecule has 0 aliphatic carbocycles. The predicted octanol–water partition coefficient (Wildman–Crippen LogP) is 7.58. The number of ether oxygens (including phenoxy) is 2. The molecule has 3 atom stereocenters. The number of phosphoric acid groups is 1. The third kappa shape index (κ3) is 13.8. The zero-order valence-electron chi connectivity index (χ0n) is 28.7. The number of nitrogens with zero attached hydrogens (tertiary/aromatic N) is 5. The molecule has 0 spiro atoms. The average molecular weight is 701 g/mol. The first-order valence-corrected chi connectivity index (χ1v) is 18.6. The molecule has 0 fully saturated rings. The Morgan fingerprint density at radius 2 is 1.73 bits per heavy atom. The van der Waals surface area contributed by atoms with Crippen LogP contribution in [0.3, 0.4) is 0 Å². The summed E-state index contributed by atoms with van der Waals surface area (Å²) in [7, 11) is -3.31. The standard InChI is InChI=1S/C35H50FN6O6P/c1-3-4-5-6-7-8-9-10-11-12-13-14-32(46-23-29-19-28(22-37)20-30(36)21-29)24-47-49(43,44)48-26-35(25-38,45-2)18-17-31-15-16-33-34(39)40-27-41-42(31)33/h15-16,19-21,27,32H,3-14,17-18,23-24,26H2,1-2H3,(H,43,44)(H2,39,40,41)/t32-,35+/m0/s1. The third-order valence-corrected chi connectivity index (χ3v) is 9.46. The van der Waals surface area contributed by atoms with E-state index >= 15 is 0 Å². The maximum absolute atomic E-state index is 14.0. The van der Waals surface area contributed by atoms with Gasteiger partial charge in [0.2, 0.25) is 0 Å². The molecular formula is C35H50FN6O6P. The van der Waals surface area contributed by atoms with Crippen molar-refractivity contribution in [1.29, 1.82) is 10.5 Å². The molecule has 3 N–H and O–H groups in total. The Hall–Kier alpha value is -3.42. The van der Waals surface area contributed by atoms with Gasteiger partial charge in [-0.15, -0.1) is 0 Å². The number of phosphoric ester groups is 1. The van der Waals surface area contributed by atoms with E-state index in [1.807, 2.05) is 6.07 Å². The number of unbranched alkanes of at least 4 members (excludes halogenated alkanes) is 10. The molecule has 12 nitrogen and oxygen atoms in total. The van der Waals surface area contributed by atoms with E-state index in [0.29, 0.717) is 29.7 Å². The summed E-state index contributed by atoms with van der Waals surface area (Å²) in [6.45, 7) is 1.41. The number of hydrogen-bond acceptors (Lipinski definition) is 10. The fourth-order valence-corrected chi connectivity index (χ4v) is 6.36. The van der Waals surface area contributed by atoms with Gasteiger partial charge in [0, 0.05) is 12.8 Å². The van der Waals surface area contributed by atoms with E-state index in [2.05, 4.69) is 23.1 Å². The largest absolute Gasteiger partial charge is 0.472 e. The van der Waals surface area contributed by atoms with Gasteiger partial charge < -0.3 is 20.1 Å². The number of aryl methyl sites for hydroxylation is 1. The molecule has 0 aliphatic rings. The number of hydrogen-bond donors (Lipinski definition) is 2. The second-order valence-corrected chi connectivity index (χ2v) is 13.8. The Morgan fingerprint density at radius 1 is 1.04 bits per heavy atom. The van der Waals surface area contributed by atoms with E-state index in [-0.39, 0.29) is 25.2 Å². The van der Waals surface area contributed by atoms with Gasteiger partial charge in [-0.25, -0.2) is 18.5 Å². The molecule has 1 aromatic carbocycles. The number of rotatable bonds is 25. The number of anilines is 1. The zero-order valence-corrected chi connectivity index (χ0v) is 29.6. The molecule has 3 aromatic rings. The predicted molar refractivity (Wildman–Crippen MR) is 184 cm³/mol. The van der Waals surface area contributed by atoms with Crippen molar-refractivity contribution in [2.45, 2.75) is 115 Å². The molecule has 1 unspecified atom stereocenters. The minimum absolute atomic E-state index is 0.0126. The minimum atomic E-state index is -4.64. The molecule has 268 valence electrons. The van der Waals surface area contributed by atoms with Gasteiger partial charge in [0.1, 0.15) is 30.3 Å². The third-order valence-electron chi connectivity index (χ3n) is 8.53. The molecule has 0 radical (unpaired) electrons. The average Bonchev–Trinajstić information content (AvgIpc) is 3.52. The first-order chi connectivity index (χ1) is 23.6. The molecule has 0 bridgehead atoms. The Morgan fingerprint density at radius 3 is 2.39 bits per heavy atom. The van der Waals surface area contributed by atoms with E-state index in [9.17, 15) is 24.4 Å². The second kappa shape index (κ2) is 20.9. The molecule has 49 heavy (non-hydrogen) atoms. The van der Waals surface area contributed by atoms with Crippen LogP contribution in [-0.4, -0.2) is 51.5 Å². The number of aromatic nitrogens is 3. The quantitative estimate of drug-likeness (QED) is 0.0657. The smallest absolute Gasteiger partial charge is 0.382 e. The van der Waals surface area contributed by atoms with Crippen LogP contribution in [0.25, 0.3) is 5.52 Å². The lowest BCUT2D eigenvalue weighted by atomic mass is 9.99. The van der Waals surface area contributed by atoms with E-state index in [1.54, 1.807) is 16.6 Å². The highest BCUT2D eigenvalue weighted by molar-refractivity contribution is 7.47. The molecule has 0 saturated carbocycles. The monoisotopic (exact) mass is 700 g/mol. The van der Waals surface area contributed by atoms with Crippen LogP contribution < -0.4 is 5.73 Å². The van der Waals surface area contributed by atoms with Crippen molar-refractivity contribution >= 4 is 19.2 Å². The summed E-state index contributed by atoms with van der Waals surface area (Å²) in [6, 6.07) is 11.5. The number of halogens is 1. The Balaban J connectivity index is 1.53. The van der Waals surface area contributed by atoms with Gasteiger partial charge >= 0.3 is 7.82 Å². The number of methoxy groups -OCH3 is 1. The highest BCUT2D eigenvalue weighted by Gasteiger charge is 2.35. The number of benzene rings is 1. The minimum Gasteiger partial charge on any atom is -0.382 e. The number of nitrogens with two attached hydrogens (primary N) is 1. The molecule has 2 heterocycles. The van der Waals surface area contributed by atoms with Gasteiger partial charge in [-0.3, -0.25) is 9.05 Å². The topological polar surface area (TPSA) is 178 Å². The Bertz CT molecular complexity index is 1580. The van der Waals surface area contributed by atoms with Crippen LogP contribution in [0.1, 0.15) is 107 Å². The molecular weight excluding hydrogens is 650 g/mol. The van der Waals surface area contributed by atoms with Gasteiger partial charge in [-0.2, -0.15) is 15.6 Å². The van der Waals surface area contributed by atoms with Gasteiger partial charge in [0.25, 0.3) is 0 Å². The van der Waals surface area contributed by atoms with Crippen molar-refractivity contribution in [3.8, 4) is 12.1 Å². The second-order valence-electron chi connectivity index (χ2n) is 12.3. The highest BCUT2D eigenvalue weighted by atomic mass is 31.2. The highest BCUT2D eigenvalue weighted by Crippen LogP contribution is 2.45. The normalized spacial score (nSPS) is 14.6. The first-order valence-electron chi connectivity index (χ1n) is 17.1. The maximum Gasteiger partial charge on any atom is 0.472 e. The van der Waals surface area contributed by atoms with Crippen molar-refractivity contribution in [2.75, 3.05) is 26.1 Å². The van der Waals surface area contributed by atoms with Crippen LogP contribution in [0.15, 0.2) is 36.7 Å². The van der Waals surface area contributed by atoms with Crippen LogP contribution >= 0.6 is 7.82 Å². The van der Waals surface area contributed by atoms with E-state index in [4.69, 9.17) is 24.3 Å². The van der Waals surface area contributed by atoms with Crippen molar-refractivity contribution in [1.82, 2.24) is 14.6 Å². The van der Waals surface area contributed by atoms with Crippen molar-refractivity contribution < 1.29 is 32.4 Å². The summed E-state index contributed by atoms with van der Waals surface area (Å²) in [4.78, 5) is 14.5. The van der Waals surface area contributed by atoms with Crippen LogP contribution in [0.4, 0.5) is 10.2 Å². The van der Waals surface area contributed by atoms with Crippen molar-refractivity contribution in [3.05, 3.63) is 59.3 Å². The molecule has 0 aliphatic heterocycles. The lowest BCUT2D eigenvalue weighted by molar-refractivity contribution is -0.0292. The number of fused-ring (bicyclic) bond motifs is 1. The van der Waals surface area contributed by atoms with Gasteiger partial charge in [0.15, 0.2) is 11.4 Å². The summed E-state index contributed by atoms with van der Waals surface area (Å²) in [5.41, 5.74) is 6.36. The summed E-state index contributed by atoms with van der Waals surface area (Å²) in [5.74, 6) is -0.236. The summed E-state index contributed by atoms with van der Waals surface area (Å²) >= 11 is 0. The SMILES string of the molecule is CCCCCCCCCCCCC[C@@H](COP(=O)(O)OC[C@](C#N)(CCc1ccc2c(N)ncnn12)OC)OCc1cc(F)cc(C#N)c1. The van der Waals surface area contributed by atoms with Gasteiger partial charge in [0.05, 0.1) is 31.0 Å². The molecule has 2 aromatic heterocycles. The van der Waals surface area contributed by atoms with Gasteiger partial charge in [-0.05, 0) is 55.2 Å². The molecule has 3 rings (SSSR count). The lowest BCUT2D eigenvalue weighted by Crippen LogP contribution is -2.36. The molecule has 14 heteroatoms. The number of nitrogen functional groups attached to an aromatic ring is 1. The van der Waals surface area contributed by atoms with Crippen molar-refractivity contribution in [2.24, 2.45) is 0 Å². The fraction of sp³-hybridized carbons (Fsp3) is 0.600. The Labute approximate surface area is 288 Å². The van der Waals surface area contributed by atoms with E-state index in [0.717, 1.165) is 37.4 Å². The zero-order chi connectivity index (χ0) is 35.5. The Kier molecular flexibility index (Phi) is 17.1. The molecule has 0 saturated heterocycles. The van der Waals surface area contributed by atoms with E-state index < -0.39 is 32.0 Å². The van der Waals surface area contributed by atoms with E-state index in [1.165, 1.54) is 70.5 Å². The van der Waals surface area contributed by atoms with Crippen LogP contribution in [0, 0.1) is 28.5 Å². The van der Waals surface area contributed by atoms with Crippen LogP contribution in [0.2, 0.25) is 0 Å². The lowest BCUT2D eigenvalue weighted by Gasteiger charge is -2.26. The maximum atomic E-state index is 14.0. The van der Waals surface area contributed by atoms with Crippen molar-refractivity contribution in [3.63, 3.8) is 0 Å². The summed E-state index contributed by atoms with van der Waals surface area (Å²) < 4.78 is 50.6. The first kappa shape index (κ1) is 40.0. The summed E-state index contributed by atoms with van der Waals surface area (Å²) in [6.07, 6.45) is 14.6. The molecule has 0 amide bonds. The van der Waals surface area contributed by atoms with Crippen LogP contribution in [-0.2, 0) is 36.1 Å². The summed E-state index contributed by atoms with van der Waals surface area (Å²) in [5, 5.41) is 23.4. The van der Waals surface area contributed by atoms with Gasteiger partial charge in [-0.1, -0.05) is 77.6 Å².